The summed E-state index contributed by atoms with van der Waals surface area (Å²) in [7, 11) is 1.53. The third-order valence-electron chi connectivity index (χ3n) is 5.91. The summed E-state index contributed by atoms with van der Waals surface area (Å²) in [4.78, 5) is 37.7. The Morgan fingerprint density at radius 3 is 2.17 bits per heavy atom. The third-order valence-corrected chi connectivity index (χ3v) is 5.91. The second-order valence-electron chi connectivity index (χ2n) is 8.60. The molecule has 0 saturated heterocycles. The smallest absolute Gasteiger partial charge is 0.326 e. The molecule has 0 heterocycles. The van der Waals surface area contributed by atoms with Gasteiger partial charge in [-0.2, -0.15) is 0 Å². The summed E-state index contributed by atoms with van der Waals surface area (Å²) < 4.78 is 11.2. The molecule has 4 rings (SSSR count). The Bertz CT molecular complexity index is 1440. The highest BCUT2D eigenvalue weighted by Crippen LogP contribution is 2.27. The number of urea groups is 1. The number of nitrogens with one attached hydrogen (secondary N) is 2. The molecular weight excluding hydrogens is 512 g/mol. The fraction of sp³-hybridized carbons (Fsp3) is 0.133. The van der Waals surface area contributed by atoms with E-state index < -0.39 is 4.92 Å². The van der Waals surface area contributed by atoms with Crippen molar-refractivity contribution < 1.29 is 24.0 Å². The summed E-state index contributed by atoms with van der Waals surface area (Å²) in [6.07, 6.45) is 0.445. The van der Waals surface area contributed by atoms with Gasteiger partial charge in [0.2, 0.25) is 0 Å². The Balaban J connectivity index is 1.43. The summed E-state index contributed by atoms with van der Waals surface area (Å²) >= 11 is 0. The van der Waals surface area contributed by atoms with Crippen molar-refractivity contribution in [1.82, 2.24) is 5.32 Å². The molecule has 40 heavy (non-hydrogen) atoms. The number of anilines is 2. The second kappa shape index (κ2) is 13.4. The molecular formula is C30H28N4O6. The van der Waals surface area contributed by atoms with Gasteiger partial charge in [0, 0.05) is 36.5 Å². The van der Waals surface area contributed by atoms with Crippen LogP contribution in [0.2, 0.25) is 0 Å². The minimum absolute atomic E-state index is 0.0894. The number of para-hydroxylation sites is 3. The van der Waals surface area contributed by atoms with Crippen LogP contribution in [-0.4, -0.2) is 37.1 Å². The van der Waals surface area contributed by atoms with E-state index in [4.69, 9.17) is 9.47 Å². The Morgan fingerprint density at radius 2 is 1.50 bits per heavy atom. The molecule has 0 aliphatic rings. The molecule has 0 radical (unpaired) electrons. The maximum Gasteiger partial charge on any atom is 0.326 e. The first-order valence-electron chi connectivity index (χ1n) is 12.5. The molecule has 10 nitrogen and oxygen atoms in total. The summed E-state index contributed by atoms with van der Waals surface area (Å²) in [6, 6.07) is 28.6. The van der Waals surface area contributed by atoms with Gasteiger partial charge in [-0.1, -0.05) is 30.3 Å². The number of hydrogen-bond donors (Lipinski definition) is 2. The summed E-state index contributed by atoms with van der Waals surface area (Å²) in [5.74, 6) is 1.49. The Labute approximate surface area is 231 Å². The van der Waals surface area contributed by atoms with Crippen LogP contribution in [0.5, 0.6) is 17.2 Å². The van der Waals surface area contributed by atoms with Gasteiger partial charge < -0.3 is 20.1 Å². The number of hydrogen-bond acceptors (Lipinski definition) is 6. The van der Waals surface area contributed by atoms with Crippen LogP contribution in [0.15, 0.2) is 103 Å². The number of methoxy groups -OCH3 is 1. The maximum atomic E-state index is 13.4. The average Bonchev–Trinajstić information content (AvgIpc) is 2.98. The monoisotopic (exact) mass is 540 g/mol. The lowest BCUT2D eigenvalue weighted by molar-refractivity contribution is -0.384. The Hall–Kier alpha value is -5.38. The Morgan fingerprint density at radius 1 is 0.850 bits per heavy atom. The predicted molar refractivity (Wildman–Crippen MR) is 152 cm³/mol. The molecule has 0 atom stereocenters. The number of ether oxygens (including phenoxy) is 2. The molecule has 0 aliphatic carbocycles. The van der Waals surface area contributed by atoms with E-state index in [0.717, 1.165) is 0 Å². The van der Waals surface area contributed by atoms with E-state index >= 15 is 0 Å². The molecule has 0 aromatic heterocycles. The van der Waals surface area contributed by atoms with Crippen molar-refractivity contribution in [3.8, 4) is 17.2 Å². The SMILES string of the molecule is COc1ccccc1NC(=O)N(CCCNC(=O)c1ccc([N+](=O)[O-])cc1)c1ccc(Oc2ccccc2)cc1. The number of nitro groups is 1. The minimum atomic E-state index is -0.521. The van der Waals surface area contributed by atoms with Gasteiger partial charge in [0.05, 0.1) is 17.7 Å². The van der Waals surface area contributed by atoms with Crippen molar-refractivity contribution in [3.05, 3.63) is 119 Å². The van der Waals surface area contributed by atoms with Crippen LogP contribution in [0.4, 0.5) is 21.9 Å². The van der Waals surface area contributed by atoms with Crippen molar-refractivity contribution in [2.45, 2.75) is 6.42 Å². The van der Waals surface area contributed by atoms with Gasteiger partial charge >= 0.3 is 6.03 Å². The molecule has 0 fully saturated rings. The minimum Gasteiger partial charge on any atom is -0.495 e. The quantitative estimate of drug-likeness (QED) is 0.132. The van der Waals surface area contributed by atoms with E-state index in [9.17, 15) is 19.7 Å². The number of benzene rings is 4. The number of nitrogens with zero attached hydrogens (tertiary/aromatic N) is 2. The molecule has 4 aromatic rings. The first-order chi connectivity index (χ1) is 19.4. The highest BCUT2D eigenvalue weighted by molar-refractivity contribution is 6.02. The molecule has 0 bridgehead atoms. The van der Waals surface area contributed by atoms with Gasteiger partial charge in [-0.05, 0) is 67.1 Å². The van der Waals surface area contributed by atoms with Gasteiger partial charge in [-0.25, -0.2) is 4.79 Å². The van der Waals surface area contributed by atoms with Crippen LogP contribution >= 0.6 is 0 Å². The average molecular weight is 541 g/mol. The number of non-ortho nitro benzene ring substituents is 1. The molecule has 0 spiro atoms. The summed E-state index contributed by atoms with van der Waals surface area (Å²) in [5.41, 5.74) is 1.38. The van der Waals surface area contributed by atoms with Crippen LogP contribution < -0.4 is 25.0 Å². The van der Waals surface area contributed by atoms with Crippen molar-refractivity contribution in [2.24, 2.45) is 0 Å². The number of carbonyl (C=O) groups is 2. The summed E-state index contributed by atoms with van der Waals surface area (Å²) in [5, 5.41) is 16.5. The first-order valence-corrected chi connectivity index (χ1v) is 12.5. The van der Waals surface area contributed by atoms with Crippen LogP contribution in [-0.2, 0) is 0 Å². The zero-order chi connectivity index (χ0) is 28.3. The van der Waals surface area contributed by atoms with Crippen LogP contribution in [0.3, 0.4) is 0 Å². The van der Waals surface area contributed by atoms with E-state index in [0.29, 0.717) is 47.2 Å². The first kappa shape index (κ1) is 27.6. The zero-order valence-electron chi connectivity index (χ0n) is 21.8. The zero-order valence-corrected chi connectivity index (χ0v) is 21.8. The fourth-order valence-corrected chi connectivity index (χ4v) is 3.87. The van der Waals surface area contributed by atoms with E-state index in [-0.39, 0.29) is 24.2 Å². The van der Waals surface area contributed by atoms with Crippen molar-refractivity contribution >= 4 is 29.0 Å². The maximum absolute atomic E-state index is 13.4. The highest BCUT2D eigenvalue weighted by Gasteiger charge is 2.18. The molecule has 0 aliphatic heterocycles. The van der Waals surface area contributed by atoms with Crippen molar-refractivity contribution in [3.63, 3.8) is 0 Å². The van der Waals surface area contributed by atoms with E-state index in [1.165, 1.54) is 31.4 Å². The van der Waals surface area contributed by atoms with Gasteiger partial charge in [0.25, 0.3) is 11.6 Å². The largest absolute Gasteiger partial charge is 0.495 e. The van der Waals surface area contributed by atoms with E-state index in [1.807, 2.05) is 36.4 Å². The van der Waals surface area contributed by atoms with Crippen molar-refractivity contribution in [2.75, 3.05) is 30.4 Å². The number of nitro benzene ring substituents is 1. The highest BCUT2D eigenvalue weighted by atomic mass is 16.6. The molecule has 2 N–H and O–H groups in total. The van der Waals surface area contributed by atoms with Crippen LogP contribution in [0.1, 0.15) is 16.8 Å². The molecule has 0 saturated carbocycles. The van der Waals surface area contributed by atoms with Gasteiger partial charge in [-0.15, -0.1) is 0 Å². The standard InChI is InChI=1S/C30H28N4O6/c1-39-28-11-6-5-10-27(28)32-30(36)33(23-16-18-26(19-17-23)40-25-8-3-2-4-9-25)21-7-20-31-29(35)22-12-14-24(15-13-22)34(37)38/h2-6,8-19H,7,20-21H2,1H3,(H,31,35)(H,32,36). The lowest BCUT2D eigenvalue weighted by Crippen LogP contribution is -2.37. The normalized spacial score (nSPS) is 10.3. The van der Waals surface area contributed by atoms with Crippen LogP contribution in [0.25, 0.3) is 0 Å². The Kier molecular flexibility index (Phi) is 9.28. The molecule has 4 aromatic carbocycles. The lowest BCUT2D eigenvalue weighted by atomic mass is 10.2. The second-order valence-corrected chi connectivity index (χ2v) is 8.60. The topological polar surface area (TPSA) is 123 Å². The third kappa shape index (κ3) is 7.35. The molecule has 3 amide bonds. The fourth-order valence-electron chi connectivity index (χ4n) is 3.87. The van der Waals surface area contributed by atoms with E-state index in [2.05, 4.69) is 10.6 Å². The molecule has 0 unspecified atom stereocenters. The predicted octanol–water partition coefficient (Wildman–Crippen LogP) is 6.25. The lowest BCUT2D eigenvalue weighted by Gasteiger charge is -2.24. The number of amides is 3. The number of carbonyl (C=O) groups excluding carboxylic acids is 2. The number of rotatable bonds is 11. The van der Waals surface area contributed by atoms with Gasteiger partial charge in [-0.3, -0.25) is 19.8 Å². The van der Waals surface area contributed by atoms with Gasteiger partial charge in [0.1, 0.15) is 17.2 Å². The molecule has 10 heteroatoms. The van der Waals surface area contributed by atoms with Crippen LogP contribution in [0, 0.1) is 10.1 Å². The van der Waals surface area contributed by atoms with Gasteiger partial charge in [0.15, 0.2) is 0 Å². The molecule has 204 valence electrons. The van der Waals surface area contributed by atoms with Crippen molar-refractivity contribution in [1.29, 1.82) is 0 Å². The van der Waals surface area contributed by atoms with E-state index in [1.54, 1.807) is 47.4 Å². The summed E-state index contributed by atoms with van der Waals surface area (Å²) in [6.45, 7) is 0.573.